The Morgan fingerprint density at radius 1 is 1.26 bits per heavy atom. The van der Waals surface area contributed by atoms with Gasteiger partial charge in [0.1, 0.15) is 12.4 Å². The number of aromatic amines is 1. The zero-order valence-corrected chi connectivity index (χ0v) is 13.5. The molecule has 1 aromatic heterocycles. The Hall–Kier alpha value is -1.72. The van der Waals surface area contributed by atoms with Crippen LogP contribution in [0.4, 0.5) is 0 Å². The van der Waals surface area contributed by atoms with Gasteiger partial charge in [0.15, 0.2) is 5.82 Å². The van der Waals surface area contributed by atoms with Gasteiger partial charge in [-0.05, 0) is 49.7 Å². The van der Waals surface area contributed by atoms with E-state index in [2.05, 4.69) is 51.7 Å². The number of aryl methyl sites for hydroxylation is 1. The van der Waals surface area contributed by atoms with Gasteiger partial charge in [-0.3, -0.25) is 5.10 Å². The second kappa shape index (κ2) is 6.42. The van der Waals surface area contributed by atoms with E-state index in [-0.39, 0.29) is 6.10 Å². The van der Waals surface area contributed by atoms with E-state index in [1.165, 1.54) is 24.0 Å². The number of ether oxygens (including phenoxy) is 1. The van der Waals surface area contributed by atoms with E-state index in [1.54, 1.807) is 6.33 Å². The summed E-state index contributed by atoms with van der Waals surface area (Å²) < 4.78 is 6.06. The van der Waals surface area contributed by atoms with Crippen LogP contribution in [0.2, 0.25) is 0 Å². The largest absolute Gasteiger partial charge is 0.366 e. The van der Waals surface area contributed by atoms with E-state index in [0.717, 1.165) is 31.1 Å². The highest BCUT2D eigenvalue weighted by molar-refractivity contribution is 5.31. The minimum absolute atomic E-state index is 0.0883. The molecule has 0 radical (unpaired) electrons. The minimum atomic E-state index is 0.0883. The normalized spacial score (nSPS) is 30.3. The van der Waals surface area contributed by atoms with Crippen molar-refractivity contribution in [3.05, 3.63) is 47.5 Å². The van der Waals surface area contributed by atoms with Crippen LogP contribution in [0.15, 0.2) is 30.6 Å². The van der Waals surface area contributed by atoms with Crippen molar-refractivity contribution in [2.24, 2.45) is 0 Å². The zero-order chi connectivity index (χ0) is 15.6. The molecule has 2 aromatic rings. The van der Waals surface area contributed by atoms with Crippen molar-refractivity contribution in [2.75, 3.05) is 6.54 Å². The summed E-state index contributed by atoms with van der Waals surface area (Å²) in [7, 11) is 0. The Morgan fingerprint density at radius 2 is 2.13 bits per heavy atom. The second-order valence-corrected chi connectivity index (χ2v) is 6.82. The number of nitrogens with zero attached hydrogens (tertiary/aromatic N) is 2. The number of H-pyrrole nitrogens is 1. The van der Waals surface area contributed by atoms with E-state index in [0.29, 0.717) is 12.1 Å². The summed E-state index contributed by atoms with van der Waals surface area (Å²) >= 11 is 0. The summed E-state index contributed by atoms with van der Waals surface area (Å²) in [5.41, 5.74) is 2.94. The molecular formula is C18H24N4O. The molecule has 4 rings (SSSR count). The maximum atomic E-state index is 6.06. The van der Waals surface area contributed by atoms with Crippen LogP contribution in [0.25, 0.3) is 0 Å². The van der Waals surface area contributed by atoms with Gasteiger partial charge < -0.3 is 10.1 Å². The monoisotopic (exact) mass is 312 g/mol. The molecule has 2 aliphatic rings. The number of hydrogen-bond acceptors (Lipinski definition) is 4. The van der Waals surface area contributed by atoms with Crippen LogP contribution < -0.4 is 5.32 Å². The standard InChI is InChI=1S/C18H24N4O/c1-12-4-2-3-5-16(12)13-8-14(9-13)19-10-15-6-7-17(23-15)18-20-11-21-22-18/h2-5,11,13-15,17,19H,6-10H2,1H3,(H,20,21,22)/t13?,14?,15-,17+/m1/s1. The van der Waals surface area contributed by atoms with Crippen molar-refractivity contribution in [3.8, 4) is 0 Å². The zero-order valence-electron chi connectivity index (χ0n) is 13.5. The van der Waals surface area contributed by atoms with Crippen molar-refractivity contribution < 1.29 is 4.74 Å². The van der Waals surface area contributed by atoms with Crippen molar-refractivity contribution in [1.82, 2.24) is 20.5 Å². The summed E-state index contributed by atoms with van der Waals surface area (Å²) in [6.07, 6.45) is 6.52. The smallest absolute Gasteiger partial charge is 0.153 e. The van der Waals surface area contributed by atoms with Crippen LogP contribution in [0.1, 0.15) is 54.7 Å². The lowest BCUT2D eigenvalue weighted by Gasteiger charge is -2.37. The van der Waals surface area contributed by atoms with E-state index in [4.69, 9.17) is 4.74 Å². The molecule has 1 saturated heterocycles. The molecule has 2 heterocycles. The first-order valence-corrected chi connectivity index (χ1v) is 8.59. The lowest BCUT2D eigenvalue weighted by Crippen LogP contribution is -2.43. The van der Waals surface area contributed by atoms with Crippen molar-refractivity contribution in [3.63, 3.8) is 0 Å². The number of benzene rings is 1. The first-order chi connectivity index (χ1) is 11.3. The third-order valence-electron chi connectivity index (χ3n) is 5.25. The molecule has 122 valence electrons. The fourth-order valence-corrected chi connectivity index (χ4v) is 3.81. The van der Waals surface area contributed by atoms with Crippen LogP contribution >= 0.6 is 0 Å². The average molecular weight is 312 g/mol. The Kier molecular flexibility index (Phi) is 4.14. The van der Waals surface area contributed by atoms with Crippen LogP contribution in [0, 0.1) is 6.92 Å². The molecule has 1 aromatic carbocycles. The van der Waals surface area contributed by atoms with E-state index in [1.807, 2.05) is 0 Å². The van der Waals surface area contributed by atoms with Crippen LogP contribution in [-0.2, 0) is 4.74 Å². The van der Waals surface area contributed by atoms with Crippen LogP contribution in [-0.4, -0.2) is 33.9 Å². The molecular weight excluding hydrogens is 288 g/mol. The molecule has 1 aliphatic carbocycles. The third kappa shape index (κ3) is 3.16. The fraction of sp³-hybridized carbons (Fsp3) is 0.556. The van der Waals surface area contributed by atoms with Gasteiger partial charge in [0.2, 0.25) is 0 Å². The highest BCUT2D eigenvalue weighted by Gasteiger charge is 2.33. The Morgan fingerprint density at radius 3 is 2.91 bits per heavy atom. The maximum Gasteiger partial charge on any atom is 0.153 e. The maximum absolute atomic E-state index is 6.06. The lowest BCUT2D eigenvalue weighted by molar-refractivity contribution is 0.0365. The number of rotatable bonds is 5. The van der Waals surface area contributed by atoms with Crippen LogP contribution in [0.5, 0.6) is 0 Å². The highest BCUT2D eigenvalue weighted by atomic mass is 16.5. The summed E-state index contributed by atoms with van der Waals surface area (Å²) in [6.45, 7) is 3.15. The van der Waals surface area contributed by atoms with Crippen molar-refractivity contribution in [2.45, 2.75) is 56.8 Å². The van der Waals surface area contributed by atoms with Gasteiger partial charge in [0.05, 0.1) is 6.10 Å². The van der Waals surface area contributed by atoms with Gasteiger partial charge in [0, 0.05) is 12.6 Å². The molecule has 2 atom stereocenters. The molecule has 1 saturated carbocycles. The third-order valence-corrected chi connectivity index (χ3v) is 5.25. The second-order valence-electron chi connectivity index (χ2n) is 6.82. The fourth-order valence-electron chi connectivity index (χ4n) is 3.81. The molecule has 0 unspecified atom stereocenters. The molecule has 5 nitrogen and oxygen atoms in total. The predicted molar refractivity (Wildman–Crippen MR) is 88.2 cm³/mol. The Labute approximate surface area is 136 Å². The molecule has 23 heavy (non-hydrogen) atoms. The summed E-state index contributed by atoms with van der Waals surface area (Å²) in [5, 5.41) is 10.5. The van der Waals surface area contributed by atoms with Gasteiger partial charge in [-0.1, -0.05) is 24.3 Å². The molecule has 0 amide bonds. The minimum Gasteiger partial charge on any atom is -0.366 e. The number of nitrogens with one attached hydrogen (secondary N) is 2. The van der Waals surface area contributed by atoms with E-state index in [9.17, 15) is 0 Å². The van der Waals surface area contributed by atoms with E-state index >= 15 is 0 Å². The van der Waals surface area contributed by atoms with Crippen molar-refractivity contribution >= 4 is 0 Å². The predicted octanol–water partition coefficient (Wildman–Crippen LogP) is 2.87. The molecule has 1 aliphatic heterocycles. The van der Waals surface area contributed by atoms with Crippen LogP contribution in [0.3, 0.4) is 0 Å². The SMILES string of the molecule is Cc1ccccc1C1CC(NC[C@H]2CC[C@@H](c3ncn[nH]3)O2)C1. The van der Waals surface area contributed by atoms with Crippen molar-refractivity contribution in [1.29, 1.82) is 0 Å². The Bertz CT molecular complexity index is 636. The van der Waals surface area contributed by atoms with E-state index < -0.39 is 0 Å². The number of aromatic nitrogens is 3. The van der Waals surface area contributed by atoms with Gasteiger partial charge in [-0.15, -0.1) is 0 Å². The Balaban J connectivity index is 1.21. The van der Waals surface area contributed by atoms with Gasteiger partial charge in [-0.2, -0.15) is 5.10 Å². The molecule has 0 spiro atoms. The first-order valence-electron chi connectivity index (χ1n) is 8.59. The average Bonchev–Trinajstić information content (AvgIpc) is 3.17. The quantitative estimate of drug-likeness (QED) is 0.891. The molecule has 0 bridgehead atoms. The summed E-state index contributed by atoms with van der Waals surface area (Å²) in [6, 6.07) is 9.39. The summed E-state index contributed by atoms with van der Waals surface area (Å²) in [4.78, 5) is 4.19. The van der Waals surface area contributed by atoms with Gasteiger partial charge in [-0.25, -0.2) is 4.98 Å². The van der Waals surface area contributed by atoms with Gasteiger partial charge >= 0.3 is 0 Å². The topological polar surface area (TPSA) is 62.8 Å². The number of hydrogen-bond donors (Lipinski definition) is 2. The first kappa shape index (κ1) is 14.8. The lowest BCUT2D eigenvalue weighted by atomic mass is 9.74. The molecule has 2 fully saturated rings. The molecule has 5 heteroatoms. The molecule has 2 N–H and O–H groups in total. The highest BCUT2D eigenvalue weighted by Crippen LogP contribution is 2.38. The summed E-state index contributed by atoms with van der Waals surface area (Å²) in [5.74, 6) is 1.58. The van der Waals surface area contributed by atoms with Gasteiger partial charge in [0.25, 0.3) is 0 Å².